The molecule has 3 heterocycles. The summed E-state index contributed by atoms with van der Waals surface area (Å²) in [7, 11) is 4.00. The minimum absolute atomic E-state index is 0. The fourth-order valence-electron chi connectivity index (χ4n) is 4.70. The third-order valence-corrected chi connectivity index (χ3v) is 6.37. The number of aryl methyl sites for hydroxylation is 1. The first kappa shape index (κ1) is 25.0. The molecule has 2 aromatic rings. The predicted octanol–water partition coefficient (Wildman–Crippen LogP) is 4.27. The number of hydrogen-bond acceptors (Lipinski definition) is 3. The number of anilines is 1. The second-order valence-electron chi connectivity index (χ2n) is 9.00. The lowest BCUT2D eigenvalue weighted by atomic mass is 10.0. The summed E-state index contributed by atoms with van der Waals surface area (Å²) in [6.07, 6.45) is 4.66. The highest BCUT2D eigenvalue weighted by Crippen LogP contribution is 2.39. The van der Waals surface area contributed by atoms with Crippen LogP contribution in [0.3, 0.4) is 0 Å². The molecule has 1 fully saturated rings. The van der Waals surface area contributed by atoms with Crippen molar-refractivity contribution in [2.45, 2.75) is 33.1 Å². The lowest BCUT2D eigenvalue weighted by Gasteiger charge is -2.18. The number of aromatic amines is 1. The van der Waals surface area contributed by atoms with Gasteiger partial charge in [0, 0.05) is 36.6 Å². The highest BCUT2D eigenvalue weighted by Gasteiger charge is 2.33. The Morgan fingerprint density at radius 3 is 2.58 bits per heavy atom. The van der Waals surface area contributed by atoms with Crippen molar-refractivity contribution in [3.63, 3.8) is 0 Å². The number of benzene rings is 1. The van der Waals surface area contributed by atoms with Gasteiger partial charge in [0.15, 0.2) is 0 Å². The average molecular weight is 475 g/mol. The molecule has 0 radical (unpaired) electrons. The molecule has 1 aromatic carbocycles. The van der Waals surface area contributed by atoms with Gasteiger partial charge in [-0.2, -0.15) is 0 Å². The molecular formula is C25H32ClFN4O2. The molecule has 6 nitrogen and oxygen atoms in total. The average Bonchev–Trinajstić information content (AvgIpc) is 3.42. The molecule has 1 aromatic heterocycles. The lowest BCUT2D eigenvalue weighted by molar-refractivity contribution is -0.113. The quantitative estimate of drug-likeness (QED) is 0.636. The van der Waals surface area contributed by atoms with Gasteiger partial charge in [-0.05, 0) is 83.6 Å². The van der Waals surface area contributed by atoms with E-state index in [1.807, 2.05) is 32.8 Å². The Labute approximate surface area is 200 Å². The van der Waals surface area contributed by atoms with Crippen LogP contribution in [0.1, 0.15) is 52.1 Å². The summed E-state index contributed by atoms with van der Waals surface area (Å²) < 4.78 is 14.1. The van der Waals surface area contributed by atoms with Gasteiger partial charge in [0.25, 0.3) is 11.8 Å². The molecule has 0 spiro atoms. The van der Waals surface area contributed by atoms with Crippen molar-refractivity contribution in [2.75, 3.05) is 45.2 Å². The molecular weight excluding hydrogens is 443 g/mol. The lowest BCUT2D eigenvalue weighted by Crippen LogP contribution is -2.29. The van der Waals surface area contributed by atoms with Crippen molar-refractivity contribution < 1.29 is 14.0 Å². The largest absolute Gasteiger partial charge is 0.358 e. The van der Waals surface area contributed by atoms with Gasteiger partial charge in [0.1, 0.15) is 5.82 Å². The van der Waals surface area contributed by atoms with Crippen LogP contribution in [-0.4, -0.2) is 66.9 Å². The number of nitrogens with zero attached hydrogens (tertiary/aromatic N) is 3. The highest BCUT2D eigenvalue weighted by atomic mass is 35.5. The van der Waals surface area contributed by atoms with Crippen LogP contribution in [0.15, 0.2) is 18.2 Å². The van der Waals surface area contributed by atoms with E-state index >= 15 is 0 Å². The number of nitrogens with one attached hydrogen (secondary N) is 1. The number of aromatic nitrogens is 1. The zero-order valence-electron chi connectivity index (χ0n) is 19.7. The Kier molecular flexibility index (Phi) is 7.65. The minimum atomic E-state index is -0.373. The highest BCUT2D eigenvalue weighted by molar-refractivity contribution is 6.35. The molecule has 1 saturated heterocycles. The molecule has 8 heteroatoms. The number of hydrogen-bond donors (Lipinski definition) is 1. The van der Waals surface area contributed by atoms with Crippen molar-refractivity contribution >= 4 is 41.6 Å². The maximum atomic E-state index is 14.1. The Balaban J connectivity index is 0.00000306. The fraction of sp³-hybridized carbons (Fsp3) is 0.440. The molecule has 4 rings (SSSR count). The number of likely N-dealkylation sites (tertiary alicyclic amines) is 1. The zero-order valence-corrected chi connectivity index (χ0v) is 20.5. The summed E-state index contributed by atoms with van der Waals surface area (Å²) >= 11 is 0. The van der Waals surface area contributed by atoms with E-state index in [9.17, 15) is 14.0 Å². The molecule has 0 aliphatic carbocycles. The number of fused-ring (bicyclic) bond motifs is 1. The summed E-state index contributed by atoms with van der Waals surface area (Å²) in [4.78, 5) is 35.3. The monoisotopic (exact) mass is 474 g/mol. The van der Waals surface area contributed by atoms with E-state index in [4.69, 9.17) is 0 Å². The van der Waals surface area contributed by atoms with Crippen molar-refractivity contribution in [3.05, 3.63) is 52.1 Å². The van der Waals surface area contributed by atoms with Gasteiger partial charge in [-0.3, -0.25) is 9.59 Å². The maximum absolute atomic E-state index is 14.1. The first-order valence-electron chi connectivity index (χ1n) is 11.2. The Morgan fingerprint density at radius 1 is 1.21 bits per heavy atom. The van der Waals surface area contributed by atoms with Crippen LogP contribution in [0.4, 0.5) is 10.1 Å². The van der Waals surface area contributed by atoms with Crippen LogP contribution in [0.25, 0.3) is 11.6 Å². The molecule has 178 valence electrons. The van der Waals surface area contributed by atoms with E-state index in [-0.39, 0.29) is 30.0 Å². The third kappa shape index (κ3) is 4.84. The Morgan fingerprint density at radius 2 is 1.91 bits per heavy atom. The summed E-state index contributed by atoms with van der Waals surface area (Å²) in [6.45, 7) is 6.78. The van der Waals surface area contributed by atoms with Gasteiger partial charge in [0.2, 0.25) is 0 Å². The minimum Gasteiger partial charge on any atom is -0.358 e. The van der Waals surface area contributed by atoms with Crippen LogP contribution >= 0.6 is 12.4 Å². The van der Waals surface area contributed by atoms with Crippen LogP contribution in [0, 0.1) is 19.7 Å². The van der Waals surface area contributed by atoms with Gasteiger partial charge in [-0.15, -0.1) is 12.4 Å². The van der Waals surface area contributed by atoms with Crippen LogP contribution in [0.2, 0.25) is 0 Å². The van der Waals surface area contributed by atoms with E-state index in [0.29, 0.717) is 23.2 Å². The fourth-order valence-corrected chi connectivity index (χ4v) is 4.70. The summed E-state index contributed by atoms with van der Waals surface area (Å²) in [5.74, 6) is -0.474. The van der Waals surface area contributed by atoms with Crippen LogP contribution in [-0.2, 0) is 4.79 Å². The first-order chi connectivity index (χ1) is 15.3. The topological polar surface area (TPSA) is 59.7 Å². The third-order valence-electron chi connectivity index (χ3n) is 6.37. The molecule has 33 heavy (non-hydrogen) atoms. The first-order valence-corrected chi connectivity index (χ1v) is 11.2. The number of amides is 2. The smallest absolute Gasteiger partial charge is 0.259 e. The van der Waals surface area contributed by atoms with E-state index in [2.05, 4.69) is 9.88 Å². The molecule has 0 bridgehead atoms. The Hall–Kier alpha value is -2.64. The molecule has 0 unspecified atom stereocenters. The normalized spacial score (nSPS) is 16.7. The van der Waals surface area contributed by atoms with Crippen LogP contribution in [0.5, 0.6) is 0 Å². The van der Waals surface area contributed by atoms with E-state index in [1.165, 1.54) is 12.1 Å². The van der Waals surface area contributed by atoms with E-state index < -0.39 is 0 Å². The second-order valence-corrected chi connectivity index (χ2v) is 9.00. The molecule has 1 N–H and O–H groups in total. The summed E-state index contributed by atoms with van der Waals surface area (Å²) in [5.41, 5.74) is 4.79. The molecule has 2 aliphatic rings. The second kappa shape index (κ2) is 10.1. The summed E-state index contributed by atoms with van der Waals surface area (Å²) in [5, 5.41) is 0. The van der Waals surface area contributed by atoms with Crippen LogP contribution < -0.4 is 4.90 Å². The molecule has 0 saturated carbocycles. The zero-order chi connectivity index (χ0) is 23.0. The molecule has 2 amide bonds. The van der Waals surface area contributed by atoms with E-state index in [1.54, 1.807) is 17.0 Å². The van der Waals surface area contributed by atoms with E-state index in [0.717, 1.165) is 61.5 Å². The number of H-pyrrole nitrogens is 1. The van der Waals surface area contributed by atoms with Gasteiger partial charge < -0.3 is 19.7 Å². The molecule has 2 aliphatic heterocycles. The van der Waals surface area contributed by atoms with Crippen molar-refractivity contribution in [3.8, 4) is 0 Å². The standard InChI is InChI=1S/C25H31FN4O2.ClH/c1-16-21(27-17(2)23(16)25(32)29-11-5-6-12-29)15-20-19-14-18(26)8-9-22(19)30(24(20)31)13-7-10-28(3)4;/h8-9,14-15,27H,5-7,10-13H2,1-4H3;1H/b20-15-;. The number of carbonyl (C=O) groups is 2. The summed E-state index contributed by atoms with van der Waals surface area (Å²) in [6, 6.07) is 4.49. The van der Waals surface area contributed by atoms with Gasteiger partial charge in [-0.1, -0.05) is 0 Å². The predicted molar refractivity (Wildman–Crippen MR) is 132 cm³/mol. The number of rotatable bonds is 6. The number of halogens is 2. The maximum Gasteiger partial charge on any atom is 0.259 e. The van der Waals surface area contributed by atoms with Gasteiger partial charge >= 0.3 is 0 Å². The van der Waals surface area contributed by atoms with Crippen molar-refractivity contribution in [2.24, 2.45) is 0 Å². The number of carbonyl (C=O) groups excluding carboxylic acids is 2. The van der Waals surface area contributed by atoms with Gasteiger partial charge in [-0.25, -0.2) is 4.39 Å². The molecule has 0 atom stereocenters. The van der Waals surface area contributed by atoms with Crippen molar-refractivity contribution in [1.82, 2.24) is 14.8 Å². The van der Waals surface area contributed by atoms with Gasteiger partial charge in [0.05, 0.1) is 16.8 Å². The van der Waals surface area contributed by atoms with Crippen molar-refractivity contribution in [1.29, 1.82) is 0 Å². The SMILES string of the molecule is Cc1[nH]c(/C=C2\C(=O)N(CCCN(C)C)c3ccc(F)cc32)c(C)c1C(=O)N1CCCC1.Cl. The Bertz CT molecular complexity index is 1090.